The molecular formula is C8H22N4. The molecule has 0 bridgehead atoms. The fourth-order valence-corrected chi connectivity index (χ4v) is 0.978. The van der Waals surface area contributed by atoms with Crippen molar-refractivity contribution < 1.29 is 0 Å². The molecule has 0 saturated heterocycles. The van der Waals surface area contributed by atoms with E-state index in [9.17, 15) is 0 Å². The third-order valence-corrected chi connectivity index (χ3v) is 1.79. The van der Waals surface area contributed by atoms with Gasteiger partial charge in [-0.3, -0.25) is 4.90 Å². The summed E-state index contributed by atoms with van der Waals surface area (Å²) in [5.41, 5.74) is 5.57. The standard InChI is InChI=1S/C8H22N4/c1-3-11-5-7-12(8-9)6-4-10-2/h10-11H,3-9H2,1-2H3. The van der Waals surface area contributed by atoms with Gasteiger partial charge < -0.3 is 16.4 Å². The van der Waals surface area contributed by atoms with Gasteiger partial charge in [0, 0.05) is 32.8 Å². The number of likely N-dealkylation sites (N-methyl/N-ethyl adjacent to an activating group) is 2. The maximum absolute atomic E-state index is 5.57. The molecule has 0 aliphatic rings. The van der Waals surface area contributed by atoms with Crippen LogP contribution in [0.25, 0.3) is 0 Å². The Bertz CT molecular complexity index is 87.1. The van der Waals surface area contributed by atoms with Crippen molar-refractivity contribution in [3.63, 3.8) is 0 Å². The number of rotatable bonds is 8. The summed E-state index contributed by atoms with van der Waals surface area (Å²) in [6, 6.07) is 0. The molecule has 0 rings (SSSR count). The van der Waals surface area contributed by atoms with Gasteiger partial charge >= 0.3 is 0 Å². The van der Waals surface area contributed by atoms with Crippen LogP contribution in [-0.4, -0.2) is 51.3 Å². The fraction of sp³-hybridized carbons (Fsp3) is 1.00. The van der Waals surface area contributed by atoms with E-state index in [1.54, 1.807) is 0 Å². The molecule has 0 aromatic carbocycles. The molecule has 0 saturated carbocycles. The first kappa shape index (κ1) is 11.8. The Hall–Kier alpha value is -0.160. The summed E-state index contributed by atoms with van der Waals surface area (Å²) in [6.45, 7) is 7.88. The van der Waals surface area contributed by atoms with Gasteiger partial charge in [-0.25, -0.2) is 0 Å². The molecule has 12 heavy (non-hydrogen) atoms. The highest BCUT2D eigenvalue weighted by atomic mass is 15.2. The van der Waals surface area contributed by atoms with E-state index in [-0.39, 0.29) is 0 Å². The third kappa shape index (κ3) is 6.54. The number of hydrogen-bond acceptors (Lipinski definition) is 4. The highest BCUT2D eigenvalue weighted by Crippen LogP contribution is 1.80. The molecule has 0 amide bonds. The Morgan fingerprint density at radius 2 is 1.92 bits per heavy atom. The van der Waals surface area contributed by atoms with E-state index < -0.39 is 0 Å². The highest BCUT2D eigenvalue weighted by Gasteiger charge is 1.99. The molecule has 0 unspecified atom stereocenters. The minimum atomic E-state index is 0.646. The number of nitrogens with two attached hydrogens (primary N) is 1. The maximum atomic E-state index is 5.57. The predicted octanol–water partition coefficient (Wildman–Crippen LogP) is -0.966. The molecule has 4 N–H and O–H groups in total. The van der Waals surface area contributed by atoms with Gasteiger partial charge in [0.15, 0.2) is 0 Å². The monoisotopic (exact) mass is 174 g/mol. The Morgan fingerprint density at radius 3 is 2.42 bits per heavy atom. The summed E-state index contributed by atoms with van der Waals surface area (Å²) in [5.74, 6) is 0. The molecule has 0 aromatic heterocycles. The second-order valence-electron chi connectivity index (χ2n) is 2.76. The topological polar surface area (TPSA) is 53.3 Å². The SMILES string of the molecule is CCNCCN(CN)CCNC. The molecule has 4 heteroatoms. The molecule has 0 atom stereocenters. The predicted molar refractivity (Wildman–Crippen MR) is 53.1 cm³/mol. The van der Waals surface area contributed by atoms with Crippen LogP contribution in [0.1, 0.15) is 6.92 Å². The van der Waals surface area contributed by atoms with Gasteiger partial charge in [-0.05, 0) is 13.6 Å². The minimum absolute atomic E-state index is 0.646. The summed E-state index contributed by atoms with van der Waals surface area (Å²) in [7, 11) is 1.96. The van der Waals surface area contributed by atoms with Crippen molar-refractivity contribution in [2.45, 2.75) is 6.92 Å². The summed E-state index contributed by atoms with van der Waals surface area (Å²) in [5, 5.41) is 6.38. The summed E-state index contributed by atoms with van der Waals surface area (Å²) in [4.78, 5) is 2.22. The van der Waals surface area contributed by atoms with Crippen LogP contribution >= 0.6 is 0 Å². The van der Waals surface area contributed by atoms with Crippen LogP contribution in [0.3, 0.4) is 0 Å². The Morgan fingerprint density at radius 1 is 1.25 bits per heavy atom. The molecule has 0 fully saturated rings. The lowest BCUT2D eigenvalue weighted by Gasteiger charge is -2.19. The van der Waals surface area contributed by atoms with Crippen molar-refractivity contribution in [3.05, 3.63) is 0 Å². The van der Waals surface area contributed by atoms with Crippen LogP contribution in [0.15, 0.2) is 0 Å². The van der Waals surface area contributed by atoms with Crippen LogP contribution < -0.4 is 16.4 Å². The quantitative estimate of drug-likeness (QED) is 0.327. The first-order valence-electron chi connectivity index (χ1n) is 4.62. The zero-order valence-electron chi connectivity index (χ0n) is 8.27. The van der Waals surface area contributed by atoms with Crippen molar-refractivity contribution in [2.75, 3.05) is 46.4 Å². The first-order chi connectivity index (χ1) is 5.85. The van der Waals surface area contributed by atoms with Gasteiger partial charge in [-0.1, -0.05) is 6.92 Å². The normalized spacial score (nSPS) is 11.0. The largest absolute Gasteiger partial charge is 0.318 e. The zero-order valence-corrected chi connectivity index (χ0v) is 8.27. The highest BCUT2D eigenvalue weighted by molar-refractivity contribution is 4.57. The van der Waals surface area contributed by atoms with E-state index >= 15 is 0 Å². The van der Waals surface area contributed by atoms with E-state index in [0.717, 1.165) is 32.7 Å². The summed E-state index contributed by atoms with van der Waals surface area (Å²) < 4.78 is 0. The number of hydrogen-bond donors (Lipinski definition) is 3. The molecule has 0 aromatic rings. The smallest absolute Gasteiger partial charge is 0.0456 e. The maximum Gasteiger partial charge on any atom is 0.0456 e. The molecular weight excluding hydrogens is 152 g/mol. The van der Waals surface area contributed by atoms with Crippen molar-refractivity contribution in [2.24, 2.45) is 5.73 Å². The lowest BCUT2D eigenvalue weighted by atomic mass is 10.4. The van der Waals surface area contributed by atoms with Crippen LogP contribution in [0.5, 0.6) is 0 Å². The first-order valence-corrected chi connectivity index (χ1v) is 4.62. The van der Waals surface area contributed by atoms with Crippen molar-refractivity contribution >= 4 is 0 Å². The number of nitrogens with one attached hydrogen (secondary N) is 2. The fourth-order valence-electron chi connectivity index (χ4n) is 0.978. The molecule has 0 radical (unpaired) electrons. The van der Waals surface area contributed by atoms with Gasteiger partial charge in [0.1, 0.15) is 0 Å². The Kier molecular flexibility index (Phi) is 8.81. The Labute approximate surface area is 75.5 Å². The van der Waals surface area contributed by atoms with E-state index in [0.29, 0.717) is 6.67 Å². The summed E-state index contributed by atoms with van der Waals surface area (Å²) in [6.07, 6.45) is 0. The minimum Gasteiger partial charge on any atom is -0.318 e. The van der Waals surface area contributed by atoms with Crippen molar-refractivity contribution in [1.82, 2.24) is 15.5 Å². The zero-order chi connectivity index (χ0) is 9.23. The van der Waals surface area contributed by atoms with E-state index in [1.165, 1.54) is 0 Å². The van der Waals surface area contributed by atoms with E-state index in [4.69, 9.17) is 5.73 Å². The lowest BCUT2D eigenvalue weighted by molar-refractivity contribution is 0.283. The van der Waals surface area contributed by atoms with Gasteiger partial charge in [-0.15, -0.1) is 0 Å². The molecule has 0 aliphatic carbocycles. The van der Waals surface area contributed by atoms with Crippen LogP contribution in [0.4, 0.5) is 0 Å². The lowest BCUT2D eigenvalue weighted by Crippen LogP contribution is -2.39. The Balaban J connectivity index is 3.26. The van der Waals surface area contributed by atoms with Gasteiger partial charge in [0.25, 0.3) is 0 Å². The van der Waals surface area contributed by atoms with Crippen LogP contribution in [0.2, 0.25) is 0 Å². The molecule has 74 valence electrons. The average molecular weight is 174 g/mol. The van der Waals surface area contributed by atoms with Crippen molar-refractivity contribution in [3.8, 4) is 0 Å². The van der Waals surface area contributed by atoms with Gasteiger partial charge in [-0.2, -0.15) is 0 Å². The molecule has 4 nitrogen and oxygen atoms in total. The molecule has 0 aliphatic heterocycles. The second kappa shape index (κ2) is 8.93. The second-order valence-corrected chi connectivity index (χ2v) is 2.76. The molecule has 0 spiro atoms. The molecule has 0 heterocycles. The number of nitrogens with zero attached hydrogens (tertiary/aromatic N) is 1. The van der Waals surface area contributed by atoms with Gasteiger partial charge in [0.2, 0.25) is 0 Å². The van der Waals surface area contributed by atoms with Crippen molar-refractivity contribution in [1.29, 1.82) is 0 Å². The average Bonchev–Trinajstić information content (AvgIpc) is 2.11. The van der Waals surface area contributed by atoms with E-state index in [1.807, 2.05) is 7.05 Å². The third-order valence-electron chi connectivity index (χ3n) is 1.79. The van der Waals surface area contributed by atoms with Gasteiger partial charge in [0.05, 0.1) is 0 Å². The van der Waals surface area contributed by atoms with Crippen LogP contribution in [-0.2, 0) is 0 Å². The van der Waals surface area contributed by atoms with E-state index in [2.05, 4.69) is 22.5 Å². The summed E-state index contributed by atoms with van der Waals surface area (Å²) >= 11 is 0. The van der Waals surface area contributed by atoms with Crippen LogP contribution in [0, 0.1) is 0 Å².